The summed E-state index contributed by atoms with van der Waals surface area (Å²) in [5, 5.41) is 29.4. The summed E-state index contributed by atoms with van der Waals surface area (Å²) in [6.07, 6.45) is 12.0. The number of amides is 11. The van der Waals surface area contributed by atoms with Crippen molar-refractivity contribution in [1.82, 2.24) is 78.5 Å². The Bertz CT molecular complexity index is 4100. The molecule has 0 saturated heterocycles. The van der Waals surface area contributed by atoms with Crippen LogP contribution in [-0.4, -0.2) is 229 Å². The van der Waals surface area contributed by atoms with E-state index in [1.54, 1.807) is 66.3 Å². The molecule has 0 bridgehead atoms. The molecule has 0 unspecified atom stereocenters. The predicted octanol–water partition coefficient (Wildman–Crippen LogP) is 0.414. The Morgan fingerprint density at radius 3 is 1.14 bits per heavy atom. The topological polar surface area (TPSA) is 462 Å². The zero-order chi connectivity index (χ0) is 75.1. The van der Waals surface area contributed by atoms with Gasteiger partial charge in [0.1, 0.15) is 17.1 Å². The van der Waals surface area contributed by atoms with Crippen LogP contribution in [0.25, 0.3) is 0 Å². The summed E-state index contributed by atoms with van der Waals surface area (Å²) in [6.45, 7) is 7.64. The quantitative estimate of drug-likeness (QED) is 0.0230. The van der Waals surface area contributed by atoms with E-state index >= 15 is 0 Å². The predicted molar refractivity (Wildman–Crippen MR) is 375 cm³/mol. The summed E-state index contributed by atoms with van der Waals surface area (Å²) < 4.78 is 42.7. The molecule has 7 heterocycles. The van der Waals surface area contributed by atoms with E-state index in [2.05, 4.69) is 78.4 Å². The minimum Gasteiger partial charge on any atom is -0.379 e. The number of carbonyl (C=O) groups is 11. The Balaban J connectivity index is 0.714. The van der Waals surface area contributed by atoms with E-state index in [9.17, 15) is 52.7 Å². The molecule has 11 N–H and O–H groups in total. The number of aryl methyl sites for hydroxylation is 7. The minimum absolute atomic E-state index is 0.000262. The van der Waals surface area contributed by atoms with Gasteiger partial charge in [-0.25, -0.2) is 19.9 Å². The molecule has 0 aromatic carbocycles. The third-order valence-electron chi connectivity index (χ3n) is 15.0. The first kappa shape index (κ1) is 79.9. The van der Waals surface area contributed by atoms with Crippen molar-refractivity contribution < 1.29 is 81.2 Å². The van der Waals surface area contributed by atoms with Gasteiger partial charge in [-0.2, -0.15) is 0 Å². The maximum atomic E-state index is 13.3. The molecule has 0 aliphatic heterocycles. The third kappa shape index (κ3) is 25.6. The Kier molecular flexibility index (Phi) is 31.4. The highest BCUT2D eigenvalue weighted by molar-refractivity contribution is 6.06. The monoisotopic (exact) mass is 1450 g/mol. The van der Waals surface area contributed by atoms with Gasteiger partial charge in [0.15, 0.2) is 23.3 Å². The molecule has 0 aliphatic carbocycles. The standard InChI is InChI=1S/C65H90N22O17/c1-9-99-23-24-101-27-28-103-31-32-104-30-29-102-26-25-100-22-20-66-51(88)12-16-70-63(96)57-79-50(41-86(57)7)80-61(94)47-33-42(36-84(47)5)72-53(90)13-18-71-62(95)56-77-48(39-85(56)6)75-52(89)11-10-15-68-59(92)45-35-44(38-82(45)3)74-65(98)58-78-49(40-87(58)8)76-54(91)14-17-69-60(93)46-34-43(37-83(46)4)73-64(97)55-67-19-21-81(55)2/h19,21,33-41H,9-18,20,22-32H2,1-8H3,(H,66,88)(H,68,92)(H,69,93)(H,70,96)(H,71,95)(H,72,90)(H,73,97)(H,74,98)(H,75,89)(H,76,91)(H,80,94). The smallest absolute Gasteiger partial charge is 0.291 e. The van der Waals surface area contributed by atoms with Gasteiger partial charge in [0.25, 0.3) is 41.4 Å². The van der Waals surface area contributed by atoms with E-state index in [0.717, 1.165) is 0 Å². The van der Waals surface area contributed by atoms with E-state index in [0.29, 0.717) is 84.1 Å². The van der Waals surface area contributed by atoms with Crippen LogP contribution >= 0.6 is 0 Å². The molecule has 7 aromatic heterocycles. The minimum atomic E-state index is -0.637. The summed E-state index contributed by atoms with van der Waals surface area (Å²) in [5.74, 6) is -5.23. The molecule has 0 aliphatic rings. The first-order chi connectivity index (χ1) is 50.0. The number of aromatic nitrogens is 11. The number of imidazole rings is 4. The lowest BCUT2D eigenvalue weighted by molar-refractivity contribution is -0.121. The van der Waals surface area contributed by atoms with Crippen molar-refractivity contribution in [3.63, 3.8) is 0 Å². The Morgan fingerprint density at radius 2 is 0.692 bits per heavy atom. The largest absolute Gasteiger partial charge is 0.379 e. The van der Waals surface area contributed by atoms with Crippen LogP contribution in [0, 0.1) is 0 Å². The average molecular weight is 1450 g/mol. The normalized spacial score (nSPS) is 11.0. The number of nitrogens with one attached hydrogen (secondary N) is 11. The third-order valence-corrected chi connectivity index (χ3v) is 15.0. The number of nitrogens with zero attached hydrogens (tertiary/aromatic N) is 11. The molecular weight excluding hydrogens is 1360 g/mol. The highest BCUT2D eigenvalue weighted by atomic mass is 16.6. The van der Waals surface area contributed by atoms with Crippen LogP contribution in [0.2, 0.25) is 0 Å². The summed E-state index contributed by atoms with van der Waals surface area (Å²) in [7, 11) is 11.2. The maximum absolute atomic E-state index is 13.3. The second-order valence-corrected chi connectivity index (χ2v) is 23.2. The lowest BCUT2D eigenvalue weighted by atomic mass is 10.3. The first-order valence-corrected chi connectivity index (χ1v) is 33.2. The highest BCUT2D eigenvalue weighted by Crippen LogP contribution is 2.19. The highest BCUT2D eigenvalue weighted by Gasteiger charge is 2.23. The molecular formula is C65H90N22O17. The Morgan fingerprint density at radius 1 is 0.327 bits per heavy atom. The summed E-state index contributed by atoms with van der Waals surface area (Å²) in [6, 6.07) is 4.39. The SMILES string of the molecule is CCOCCOCCOCCOCCOCCOCCNC(=O)CCNC(=O)c1nc(NC(=O)c2cc(NC(=O)CCNC(=O)c3nc(NC(=O)CCCNC(=O)c4cc(NC(=O)c5nc(NC(=O)CCNC(=O)c6cc(NC(=O)c7nccn7C)cn6C)cn5C)cn4C)cn3C)cn2C)cn1C. The lowest BCUT2D eigenvalue weighted by Gasteiger charge is -2.09. The zero-order valence-corrected chi connectivity index (χ0v) is 59.3. The molecule has 562 valence electrons. The molecule has 11 amide bonds. The number of rotatable bonds is 45. The number of hydrogen-bond acceptors (Lipinski definition) is 21. The van der Waals surface area contributed by atoms with Crippen molar-refractivity contribution in [3.05, 3.63) is 108 Å². The van der Waals surface area contributed by atoms with E-state index < -0.39 is 59.1 Å². The summed E-state index contributed by atoms with van der Waals surface area (Å²) >= 11 is 0. The van der Waals surface area contributed by atoms with E-state index in [-0.39, 0.29) is 141 Å². The van der Waals surface area contributed by atoms with Gasteiger partial charge in [-0.1, -0.05) is 0 Å². The van der Waals surface area contributed by atoms with Crippen LogP contribution in [0.5, 0.6) is 0 Å². The van der Waals surface area contributed by atoms with Crippen LogP contribution in [0.1, 0.15) is 113 Å². The van der Waals surface area contributed by atoms with Crippen molar-refractivity contribution in [2.24, 2.45) is 49.3 Å². The van der Waals surface area contributed by atoms with Gasteiger partial charge in [-0.05, 0) is 31.5 Å². The molecule has 0 fully saturated rings. The van der Waals surface area contributed by atoms with E-state index in [1.807, 2.05) is 6.92 Å². The fourth-order valence-electron chi connectivity index (χ4n) is 9.82. The zero-order valence-electron chi connectivity index (χ0n) is 59.3. The molecule has 0 radical (unpaired) electrons. The van der Waals surface area contributed by atoms with Crippen molar-refractivity contribution in [1.29, 1.82) is 0 Å². The van der Waals surface area contributed by atoms with Gasteiger partial charge < -0.3 is 119 Å². The Labute approximate surface area is 597 Å². The van der Waals surface area contributed by atoms with Crippen LogP contribution in [0.4, 0.5) is 34.5 Å². The van der Waals surface area contributed by atoms with Crippen molar-refractivity contribution >= 4 is 99.5 Å². The molecule has 39 heteroatoms. The van der Waals surface area contributed by atoms with Gasteiger partial charge in [0, 0.05) is 164 Å². The molecule has 104 heavy (non-hydrogen) atoms. The second kappa shape index (κ2) is 40.9. The lowest BCUT2D eigenvalue weighted by Crippen LogP contribution is -2.33. The number of carbonyl (C=O) groups excluding carboxylic acids is 11. The molecule has 7 aromatic rings. The Hall–Kier alpha value is -11.4. The van der Waals surface area contributed by atoms with Crippen molar-refractivity contribution in [2.75, 3.05) is 144 Å². The number of ether oxygens (including phenoxy) is 6. The fourth-order valence-corrected chi connectivity index (χ4v) is 9.82. The molecule has 0 atom stereocenters. The van der Waals surface area contributed by atoms with E-state index in [4.69, 9.17) is 28.4 Å². The van der Waals surface area contributed by atoms with Crippen molar-refractivity contribution in [2.45, 2.75) is 39.0 Å². The average Bonchev–Trinajstić information content (AvgIpc) is 1.66. The number of anilines is 6. The molecule has 39 nitrogen and oxygen atoms in total. The van der Waals surface area contributed by atoms with Crippen LogP contribution < -0.4 is 58.5 Å². The van der Waals surface area contributed by atoms with E-state index in [1.165, 1.54) is 82.8 Å². The molecule has 0 saturated carbocycles. The van der Waals surface area contributed by atoms with Crippen LogP contribution in [-0.2, 0) is 96.9 Å². The maximum Gasteiger partial charge on any atom is 0.291 e. The van der Waals surface area contributed by atoms with Gasteiger partial charge in [0.05, 0.1) is 89.7 Å². The van der Waals surface area contributed by atoms with Crippen molar-refractivity contribution in [3.8, 4) is 0 Å². The fraction of sp³-hybridized carbons (Fsp3) is 0.462. The van der Waals surface area contributed by atoms with Gasteiger partial charge in [-0.3, -0.25) is 52.7 Å². The summed E-state index contributed by atoms with van der Waals surface area (Å²) in [4.78, 5) is 159. The molecule has 7 rings (SSSR count). The van der Waals surface area contributed by atoms with Crippen LogP contribution in [0.15, 0.2) is 67.8 Å². The first-order valence-electron chi connectivity index (χ1n) is 33.2. The second-order valence-electron chi connectivity index (χ2n) is 23.2. The van der Waals surface area contributed by atoms with Gasteiger partial charge in [0.2, 0.25) is 41.1 Å². The summed E-state index contributed by atoms with van der Waals surface area (Å²) in [5.41, 5.74) is 1.52. The van der Waals surface area contributed by atoms with Gasteiger partial charge in [-0.15, -0.1) is 0 Å². The number of hydrogen-bond donors (Lipinski definition) is 11. The van der Waals surface area contributed by atoms with Crippen LogP contribution in [0.3, 0.4) is 0 Å². The molecule has 0 spiro atoms. The van der Waals surface area contributed by atoms with Gasteiger partial charge >= 0.3 is 0 Å².